The normalized spacial score (nSPS) is 19.3. The van der Waals surface area contributed by atoms with Gasteiger partial charge in [0.05, 0.1) is 17.8 Å². The van der Waals surface area contributed by atoms with E-state index < -0.39 is 0 Å². The highest BCUT2D eigenvalue weighted by Crippen LogP contribution is 2.22. The van der Waals surface area contributed by atoms with Gasteiger partial charge in [-0.2, -0.15) is 0 Å². The Kier molecular flexibility index (Phi) is 6.94. The van der Waals surface area contributed by atoms with Gasteiger partial charge >= 0.3 is 0 Å². The van der Waals surface area contributed by atoms with Crippen molar-refractivity contribution < 1.29 is 19.3 Å². The minimum absolute atomic E-state index is 0.0181. The second-order valence-electron chi connectivity index (χ2n) is 7.70. The number of nitrogens with one attached hydrogen (secondary N) is 3. The lowest BCUT2D eigenvalue weighted by molar-refractivity contribution is -1.02. The number of piperazine rings is 1. The van der Waals surface area contributed by atoms with Crippen molar-refractivity contribution >= 4 is 23.2 Å². The number of ether oxygens (including phenoxy) is 1. The van der Waals surface area contributed by atoms with Gasteiger partial charge in [0.1, 0.15) is 38.5 Å². The van der Waals surface area contributed by atoms with E-state index in [0.29, 0.717) is 17.3 Å². The Morgan fingerprint density at radius 1 is 1.04 bits per heavy atom. The molecule has 1 saturated heterocycles. The largest absolute Gasteiger partial charge is 0.496 e. The number of carbonyl (C=O) groups excluding carboxylic acids is 1. The van der Waals surface area contributed by atoms with Crippen LogP contribution in [0.1, 0.15) is 16.7 Å². The Balaban J connectivity index is 1.49. The van der Waals surface area contributed by atoms with E-state index in [-0.39, 0.29) is 5.91 Å². The van der Waals surface area contributed by atoms with Gasteiger partial charge in [0, 0.05) is 5.56 Å². The van der Waals surface area contributed by atoms with Crippen LogP contribution >= 0.6 is 11.6 Å². The molecule has 1 amide bonds. The topological polar surface area (TPSA) is 47.2 Å². The first-order chi connectivity index (χ1) is 13.4. The van der Waals surface area contributed by atoms with Crippen molar-refractivity contribution in [3.05, 3.63) is 58.1 Å². The molecule has 6 heteroatoms. The molecule has 0 bridgehead atoms. The average Bonchev–Trinajstić information content (AvgIpc) is 2.66. The van der Waals surface area contributed by atoms with E-state index >= 15 is 0 Å². The molecular formula is C22H30ClN3O2+2. The number of halogens is 1. The SMILES string of the molecule is COc1ccc(C)cc1C[NH+]1CC[NH+](CC(=O)Nc2ccc(C)cc2Cl)CC1. The van der Waals surface area contributed by atoms with Crippen molar-refractivity contribution in [2.24, 2.45) is 0 Å². The van der Waals surface area contributed by atoms with Gasteiger partial charge in [-0.1, -0.05) is 29.3 Å². The Morgan fingerprint density at radius 3 is 2.36 bits per heavy atom. The summed E-state index contributed by atoms with van der Waals surface area (Å²) in [5, 5.41) is 3.53. The minimum atomic E-state index is 0.0181. The molecule has 0 aromatic heterocycles. The van der Waals surface area contributed by atoms with Crippen LogP contribution < -0.4 is 19.9 Å². The number of hydrogen-bond donors (Lipinski definition) is 3. The van der Waals surface area contributed by atoms with Crippen molar-refractivity contribution in [1.29, 1.82) is 0 Å². The monoisotopic (exact) mass is 403 g/mol. The zero-order chi connectivity index (χ0) is 20.1. The third-order valence-electron chi connectivity index (χ3n) is 5.35. The van der Waals surface area contributed by atoms with E-state index in [1.807, 2.05) is 31.2 Å². The fraction of sp³-hybridized carbons (Fsp3) is 0.409. The first-order valence-electron chi connectivity index (χ1n) is 9.81. The number of aryl methyl sites for hydroxylation is 2. The summed E-state index contributed by atoms with van der Waals surface area (Å²) in [6.45, 7) is 9.59. The van der Waals surface area contributed by atoms with Gasteiger partial charge in [-0.15, -0.1) is 0 Å². The zero-order valence-electron chi connectivity index (χ0n) is 16.9. The summed E-state index contributed by atoms with van der Waals surface area (Å²) in [4.78, 5) is 15.3. The molecule has 5 nitrogen and oxygen atoms in total. The molecule has 0 saturated carbocycles. The molecule has 0 radical (unpaired) electrons. The van der Waals surface area contributed by atoms with Crippen LogP contribution in [-0.2, 0) is 11.3 Å². The summed E-state index contributed by atoms with van der Waals surface area (Å²) in [5.41, 5.74) is 4.28. The van der Waals surface area contributed by atoms with Crippen LogP contribution in [-0.4, -0.2) is 45.7 Å². The highest BCUT2D eigenvalue weighted by molar-refractivity contribution is 6.33. The summed E-state index contributed by atoms with van der Waals surface area (Å²) >= 11 is 6.21. The molecule has 1 aliphatic heterocycles. The number of amides is 1. The molecule has 28 heavy (non-hydrogen) atoms. The smallest absolute Gasteiger partial charge is 0.279 e. The Bertz CT molecular complexity index is 833. The van der Waals surface area contributed by atoms with Crippen LogP contribution in [0.25, 0.3) is 0 Å². The van der Waals surface area contributed by atoms with Crippen LogP contribution in [0.5, 0.6) is 5.75 Å². The lowest BCUT2D eigenvalue weighted by Crippen LogP contribution is -3.28. The molecule has 1 aliphatic rings. The highest BCUT2D eigenvalue weighted by atomic mass is 35.5. The first kappa shape index (κ1) is 20.6. The van der Waals surface area contributed by atoms with E-state index in [2.05, 4.69) is 24.4 Å². The molecule has 3 rings (SSSR count). The molecular weight excluding hydrogens is 374 g/mol. The molecule has 0 atom stereocenters. The Labute approximate surface area is 172 Å². The summed E-state index contributed by atoms with van der Waals surface area (Å²) in [6.07, 6.45) is 0. The molecule has 1 heterocycles. The van der Waals surface area contributed by atoms with E-state index in [0.717, 1.165) is 44.0 Å². The van der Waals surface area contributed by atoms with Crippen molar-refractivity contribution in [2.75, 3.05) is 45.2 Å². The predicted octanol–water partition coefficient (Wildman–Crippen LogP) is 0.888. The maximum Gasteiger partial charge on any atom is 0.279 e. The molecule has 3 N–H and O–H groups in total. The fourth-order valence-electron chi connectivity index (χ4n) is 3.77. The van der Waals surface area contributed by atoms with Crippen LogP contribution in [0.15, 0.2) is 36.4 Å². The molecule has 2 aromatic rings. The number of methoxy groups -OCH3 is 1. The molecule has 0 spiro atoms. The maximum atomic E-state index is 12.4. The number of carbonyl (C=O) groups is 1. The molecule has 150 valence electrons. The number of quaternary nitrogens is 2. The second kappa shape index (κ2) is 9.41. The van der Waals surface area contributed by atoms with Gasteiger partial charge in [0.2, 0.25) is 0 Å². The van der Waals surface area contributed by atoms with Crippen LogP contribution in [0.3, 0.4) is 0 Å². The summed E-state index contributed by atoms with van der Waals surface area (Å²) in [5.74, 6) is 0.979. The molecule has 1 fully saturated rings. The summed E-state index contributed by atoms with van der Waals surface area (Å²) < 4.78 is 5.51. The third kappa shape index (κ3) is 5.47. The summed E-state index contributed by atoms with van der Waals surface area (Å²) in [7, 11) is 1.73. The van der Waals surface area contributed by atoms with Gasteiger partial charge in [-0.3, -0.25) is 4.79 Å². The summed E-state index contributed by atoms with van der Waals surface area (Å²) in [6, 6.07) is 12.0. The number of anilines is 1. The van der Waals surface area contributed by atoms with Crippen molar-refractivity contribution in [1.82, 2.24) is 0 Å². The second-order valence-corrected chi connectivity index (χ2v) is 8.11. The lowest BCUT2D eigenvalue weighted by atomic mass is 10.1. The van der Waals surface area contributed by atoms with Gasteiger partial charge in [0.25, 0.3) is 5.91 Å². The van der Waals surface area contributed by atoms with E-state index in [1.165, 1.54) is 20.9 Å². The van der Waals surface area contributed by atoms with Gasteiger partial charge in [-0.05, 0) is 43.7 Å². The number of hydrogen-bond acceptors (Lipinski definition) is 2. The minimum Gasteiger partial charge on any atom is -0.496 e. The third-order valence-corrected chi connectivity index (χ3v) is 5.66. The van der Waals surface area contributed by atoms with Crippen LogP contribution in [0.4, 0.5) is 5.69 Å². The van der Waals surface area contributed by atoms with Crippen LogP contribution in [0, 0.1) is 13.8 Å². The first-order valence-corrected chi connectivity index (χ1v) is 10.2. The van der Waals surface area contributed by atoms with Crippen molar-refractivity contribution in [2.45, 2.75) is 20.4 Å². The standard InChI is InChI=1S/C22H28ClN3O2/c1-16-5-7-21(28-3)18(12-16)14-25-8-10-26(11-9-25)15-22(27)24-20-6-4-17(2)13-19(20)23/h4-7,12-13H,8-11,14-15H2,1-3H3,(H,24,27)/p+2. The van der Waals surface area contributed by atoms with Gasteiger partial charge in [0.15, 0.2) is 6.54 Å². The molecule has 0 unspecified atom stereocenters. The highest BCUT2D eigenvalue weighted by Gasteiger charge is 2.25. The number of rotatable bonds is 6. The van der Waals surface area contributed by atoms with Gasteiger partial charge in [-0.25, -0.2) is 0 Å². The molecule has 0 aliphatic carbocycles. The lowest BCUT2D eigenvalue weighted by Gasteiger charge is -2.29. The van der Waals surface area contributed by atoms with Crippen LogP contribution in [0.2, 0.25) is 5.02 Å². The van der Waals surface area contributed by atoms with Crippen molar-refractivity contribution in [3.8, 4) is 5.75 Å². The maximum absolute atomic E-state index is 12.4. The fourth-order valence-corrected chi connectivity index (χ4v) is 4.05. The number of benzene rings is 2. The average molecular weight is 404 g/mol. The predicted molar refractivity (Wildman–Crippen MR) is 113 cm³/mol. The quantitative estimate of drug-likeness (QED) is 0.670. The molecule has 2 aromatic carbocycles. The van der Waals surface area contributed by atoms with Gasteiger partial charge < -0.3 is 19.9 Å². The Morgan fingerprint density at radius 2 is 1.68 bits per heavy atom. The van der Waals surface area contributed by atoms with E-state index in [9.17, 15) is 4.79 Å². The van der Waals surface area contributed by atoms with Crippen molar-refractivity contribution in [3.63, 3.8) is 0 Å². The zero-order valence-corrected chi connectivity index (χ0v) is 17.7. The van der Waals surface area contributed by atoms with E-state index in [4.69, 9.17) is 16.3 Å². The Hall–Kier alpha value is -2.08. The van der Waals surface area contributed by atoms with E-state index in [1.54, 1.807) is 7.11 Å².